The normalized spacial score (nSPS) is 10.9. The molecule has 2 aromatic heterocycles. The quantitative estimate of drug-likeness (QED) is 0.401. The van der Waals surface area contributed by atoms with Gasteiger partial charge in [0.25, 0.3) is 0 Å². The fourth-order valence-electron chi connectivity index (χ4n) is 3.66. The minimum Gasteiger partial charge on any atom is -0.465 e. The molecule has 32 heavy (non-hydrogen) atoms. The molecule has 4 rings (SSSR count). The van der Waals surface area contributed by atoms with Crippen LogP contribution >= 0.6 is 11.3 Å². The number of aryl methyl sites for hydroxylation is 2. The molecule has 0 atom stereocenters. The van der Waals surface area contributed by atoms with Gasteiger partial charge in [0.2, 0.25) is 0 Å². The highest BCUT2D eigenvalue weighted by Gasteiger charge is 2.17. The summed E-state index contributed by atoms with van der Waals surface area (Å²) < 4.78 is 13.0. The van der Waals surface area contributed by atoms with Gasteiger partial charge < -0.3 is 9.47 Å². The third-order valence-electron chi connectivity index (χ3n) is 5.32. The number of ether oxygens (including phenoxy) is 2. The van der Waals surface area contributed by atoms with Gasteiger partial charge in [-0.3, -0.25) is 9.13 Å². The molecule has 0 radical (unpaired) electrons. The number of aromatic nitrogens is 2. The maximum atomic E-state index is 13.4. The maximum Gasteiger partial charge on any atom is 0.337 e. The van der Waals surface area contributed by atoms with Gasteiger partial charge in [0.05, 0.1) is 42.9 Å². The fraction of sp³-hybridized carbons (Fsp3) is 0.208. The average molecular weight is 451 g/mol. The standard InChI is InChI=1S/C24H22N2O5S/c1-30-22(27)17-7-5-16(6-8-17)15-26-21-14-18(23(28)31-2)9-10-20(21)25(24(26)29)12-11-19-4-3-13-32-19/h3-10,13-14H,11-12,15H2,1-2H3. The SMILES string of the molecule is COC(=O)c1ccc(Cn2c(=O)n(CCc3cccs3)c3ccc(C(=O)OC)cc32)cc1. The lowest BCUT2D eigenvalue weighted by molar-refractivity contribution is 0.0592. The molecule has 7 nitrogen and oxygen atoms in total. The highest BCUT2D eigenvalue weighted by molar-refractivity contribution is 7.09. The molecule has 0 aliphatic carbocycles. The largest absolute Gasteiger partial charge is 0.465 e. The maximum absolute atomic E-state index is 13.4. The van der Waals surface area contributed by atoms with E-state index in [1.165, 1.54) is 19.1 Å². The number of hydrogen-bond acceptors (Lipinski definition) is 6. The molecule has 2 aromatic carbocycles. The van der Waals surface area contributed by atoms with E-state index in [0.29, 0.717) is 29.7 Å². The van der Waals surface area contributed by atoms with Crippen LogP contribution in [0.3, 0.4) is 0 Å². The van der Waals surface area contributed by atoms with Crippen molar-refractivity contribution in [3.63, 3.8) is 0 Å². The number of fused-ring (bicyclic) bond motifs is 1. The Morgan fingerprint density at radius 2 is 1.56 bits per heavy atom. The first-order valence-electron chi connectivity index (χ1n) is 10.0. The van der Waals surface area contributed by atoms with E-state index < -0.39 is 11.9 Å². The lowest BCUT2D eigenvalue weighted by Crippen LogP contribution is -2.25. The zero-order valence-corrected chi connectivity index (χ0v) is 18.6. The molecule has 8 heteroatoms. The minimum absolute atomic E-state index is 0.157. The second kappa shape index (κ2) is 9.23. The summed E-state index contributed by atoms with van der Waals surface area (Å²) in [6, 6.07) is 16.1. The number of hydrogen-bond donors (Lipinski definition) is 0. The van der Waals surface area contributed by atoms with E-state index in [1.807, 2.05) is 17.5 Å². The third-order valence-corrected chi connectivity index (χ3v) is 6.25. The summed E-state index contributed by atoms with van der Waals surface area (Å²) in [6.45, 7) is 0.828. The minimum atomic E-state index is -0.459. The van der Waals surface area contributed by atoms with Crippen molar-refractivity contribution in [2.45, 2.75) is 19.5 Å². The third kappa shape index (κ3) is 4.22. The highest BCUT2D eigenvalue weighted by atomic mass is 32.1. The Hall–Kier alpha value is -3.65. The molecule has 0 spiro atoms. The lowest BCUT2D eigenvalue weighted by Gasteiger charge is -2.06. The molecule has 0 saturated carbocycles. The van der Waals surface area contributed by atoms with E-state index in [9.17, 15) is 14.4 Å². The number of nitrogens with zero attached hydrogens (tertiary/aromatic N) is 2. The highest BCUT2D eigenvalue weighted by Crippen LogP contribution is 2.19. The van der Waals surface area contributed by atoms with Crippen molar-refractivity contribution in [2.24, 2.45) is 0 Å². The molecule has 2 heterocycles. The van der Waals surface area contributed by atoms with Crippen molar-refractivity contribution in [2.75, 3.05) is 14.2 Å². The monoisotopic (exact) mass is 450 g/mol. The predicted molar refractivity (Wildman–Crippen MR) is 122 cm³/mol. The molecular formula is C24H22N2O5S. The summed E-state index contributed by atoms with van der Waals surface area (Å²) in [5.41, 5.74) is 2.92. The van der Waals surface area contributed by atoms with E-state index in [2.05, 4.69) is 0 Å². The first-order chi connectivity index (χ1) is 15.5. The first-order valence-corrected chi connectivity index (χ1v) is 10.9. The Morgan fingerprint density at radius 1 is 0.875 bits per heavy atom. The number of imidazole rings is 1. The summed E-state index contributed by atoms with van der Waals surface area (Å²) in [5.74, 6) is -0.874. The Kier molecular flexibility index (Phi) is 6.23. The Morgan fingerprint density at radius 3 is 2.22 bits per heavy atom. The Balaban J connectivity index is 1.75. The Labute approximate surface area is 188 Å². The molecule has 0 aliphatic rings. The van der Waals surface area contributed by atoms with E-state index in [4.69, 9.17) is 9.47 Å². The molecular weight excluding hydrogens is 428 g/mol. The van der Waals surface area contributed by atoms with Gasteiger partial charge in [0.1, 0.15) is 0 Å². The van der Waals surface area contributed by atoms with Crippen LogP contribution in [0.5, 0.6) is 0 Å². The zero-order chi connectivity index (χ0) is 22.7. The number of benzene rings is 2. The molecule has 164 valence electrons. The number of carbonyl (C=O) groups excluding carboxylic acids is 2. The number of methoxy groups -OCH3 is 2. The van der Waals surface area contributed by atoms with Crippen molar-refractivity contribution in [3.8, 4) is 0 Å². The van der Waals surface area contributed by atoms with Gasteiger partial charge in [-0.05, 0) is 53.8 Å². The summed E-state index contributed by atoms with van der Waals surface area (Å²) >= 11 is 1.66. The zero-order valence-electron chi connectivity index (χ0n) is 17.7. The van der Waals surface area contributed by atoms with Crippen LogP contribution < -0.4 is 5.69 Å². The van der Waals surface area contributed by atoms with Crippen molar-refractivity contribution < 1.29 is 19.1 Å². The molecule has 0 aliphatic heterocycles. The number of rotatable bonds is 7. The van der Waals surface area contributed by atoms with Crippen LogP contribution in [0.1, 0.15) is 31.2 Å². The number of thiophene rings is 1. The van der Waals surface area contributed by atoms with E-state index >= 15 is 0 Å². The summed E-state index contributed by atoms with van der Waals surface area (Å²) in [5, 5.41) is 2.02. The molecule has 0 fully saturated rings. The second-order valence-electron chi connectivity index (χ2n) is 7.23. The van der Waals surface area contributed by atoms with Gasteiger partial charge in [-0.2, -0.15) is 0 Å². The van der Waals surface area contributed by atoms with Gasteiger partial charge in [0.15, 0.2) is 0 Å². The van der Waals surface area contributed by atoms with Gasteiger partial charge in [-0.15, -0.1) is 11.3 Å². The smallest absolute Gasteiger partial charge is 0.337 e. The van der Waals surface area contributed by atoms with Gasteiger partial charge in [-0.1, -0.05) is 18.2 Å². The van der Waals surface area contributed by atoms with Crippen LogP contribution in [0.15, 0.2) is 64.8 Å². The molecule has 0 N–H and O–H groups in total. The lowest BCUT2D eigenvalue weighted by atomic mass is 10.1. The van der Waals surface area contributed by atoms with Crippen molar-refractivity contribution in [1.29, 1.82) is 0 Å². The topological polar surface area (TPSA) is 79.5 Å². The molecule has 0 saturated heterocycles. The summed E-state index contributed by atoms with van der Waals surface area (Å²) in [6.07, 6.45) is 0.739. The van der Waals surface area contributed by atoms with E-state index in [1.54, 1.807) is 62.9 Å². The van der Waals surface area contributed by atoms with Crippen LogP contribution in [-0.4, -0.2) is 35.3 Å². The molecule has 0 bridgehead atoms. The molecule has 0 unspecified atom stereocenters. The molecule has 4 aromatic rings. The number of esters is 2. The van der Waals surface area contributed by atoms with Crippen LogP contribution in [0, 0.1) is 0 Å². The Bertz CT molecular complexity index is 1320. The van der Waals surface area contributed by atoms with Crippen LogP contribution in [0.4, 0.5) is 0 Å². The molecule has 0 amide bonds. The first kappa shape index (κ1) is 21.6. The summed E-state index contributed by atoms with van der Waals surface area (Å²) in [7, 11) is 2.66. The fourth-order valence-corrected chi connectivity index (χ4v) is 4.36. The van der Waals surface area contributed by atoms with Crippen LogP contribution in [-0.2, 0) is 29.0 Å². The van der Waals surface area contributed by atoms with Gasteiger partial charge in [0, 0.05) is 11.4 Å². The van der Waals surface area contributed by atoms with Crippen molar-refractivity contribution in [1.82, 2.24) is 9.13 Å². The van der Waals surface area contributed by atoms with Crippen molar-refractivity contribution >= 4 is 34.3 Å². The van der Waals surface area contributed by atoms with Gasteiger partial charge in [-0.25, -0.2) is 14.4 Å². The van der Waals surface area contributed by atoms with Crippen LogP contribution in [0.2, 0.25) is 0 Å². The average Bonchev–Trinajstić information content (AvgIpc) is 3.43. The van der Waals surface area contributed by atoms with E-state index in [0.717, 1.165) is 17.5 Å². The van der Waals surface area contributed by atoms with Crippen LogP contribution in [0.25, 0.3) is 11.0 Å². The second-order valence-corrected chi connectivity index (χ2v) is 8.27. The summed E-state index contributed by atoms with van der Waals surface area (Å²) in [4.78, 5) is 38.3. The number of carbonyl (C=O) groups is 2. The van der Waals surface area contributed by atoms with Gasteiger partial charge >= 0.3 is 17.6 Å². The van der Waals surface area contributed by atoms with Crippen molar-refractivity contribution in [3.05, 3.63) is 92.0 Å². The van der Waals surface area contributed by atoms with E-state index in [-0.39, 0.29) is 5.69 Å². The predicted octanol–water partition coefficient (Wildman–Crippen LogP) is 3.73.